The summed E-state index contributed by atoms with van der Waals surface area (Å²) >= 11 is 0. The van der Waals surface area contributed by atoms with Gasteiger partial charge in [0.15, 0.2) is 0 Å². The average molecular weight is 295 g/mol. The average Bonchev–Trinajstić information content (AvgIpc) is 2.40. The highest BCUT2D eigenvalue weighted by molar-refractivity contribution is 6.06. The molecule has 0 bridgehead atoms. The Hall–Kier alpha value is -2.50. The van der Waals surface area contributed by atoms with Crippen molar-refractivity contribution in [3.63, 3.8) is 0 Å². The highest BCUT2D eigenvalue weighted by Crippen LogP contribution is 2.32. The van der Waals surface area contributed by atoms with Crippen molar-refractivity contribution in [2.45, 2.75) is 13.1 Å². The molecule has 0 aliphatic heterocycles. The zero-order chi connectivity index (χ0) is 15.6. The summed E-state index contributed by atoms with van der Waals surface area (Å²) in [5.41, 5.74) is 0.269. The van der Waals surface area contributed by atoms with Gasteiger partial charge in [0.2, 0.25) is 0 Å². The first-order valence-corrected chi connectivity index (χ1v) is 6.05. The molecule has 0 aromatic heterocycles. The largest absolute Gasteiger partial charge is 0.507 e. The third-order valence-corrected chi connectivity index (χ3v) is 2.88. The number of aryl methyl sites for hydroxylation is 1. The van der Waals surface area contributed by atoms with Crippen LogP contribution in [-0.2, 0) is 6.18 Å². The molecule has 0 spiro atoms. The van der Waals surface area contributed by atoms with Gasteiger partial charge in [-0.3, -0.25) is 4.79 Å². The number of carbonyl (C=O) groups is 1. The molecule has 0 fully saturated rings. The lowest BCUT2D eigenvalue weighted by atomic mass is 10.1. The molecule has 3 nitrogen and oxygen atoms in total. The molecule has 0 aliphatic carbocycles. The Bertz CT molecular complexity index is 664. The van der Waals surface area contributed by atoms with Crippen LogP contribution in [0.3, 0.4) is 0 Å². The molecular weight excluding hydrogens is 283 g/mol. The molecule has 6 heteroatoms. The molecule has 0 saturated heterocycles. The van der Waals surface area contributed by atoms with Crippen molar-refractivity contribution in [2.24, 2.45) is 0 Å². The Kier molecular flexibility index (Phi) is 3.88. The maximum absolute atomic E-state index is 12.5. The zero-order valence-electron chi connectivity index (χ0n) is 11.0. The summed E-state index contributed by atoms with van der Waals surface area (Å²) in [4.78, 5) is 11.9. The minimum absolute atomic E-state index is 0.219. The van der Waals surface area contributed by atoms with Crippen LogP contribution < -0.4 is 5.32 Å². The third kappa shape index (κ3) is 3.53. The Morgan fingerprint density at radius 3 is 2.24 bits per heavy atom. The maximum atomic E-state index is 12.5. The van der Waals surface area contributed by atoms with Crippen molar-refractivity contribution in [1.29, 1.82) is 0 Å². The van der Waals surface area contributed by atoms with Crippen LogP contribution in [-0.4, -0.2) is 11.0 Å². The first kappa shape index (κ1) is 14.9. The van der Waals surface area contributed by atoms with E-state index in [1.807, 2.05) is 6.92 Å². The Morgan fingerprint density at radius 1 is 1.10 bits per heavy atom. The van der Waals surface area contributed by atoms with Crippen LogP contribution in [0.1, 0.15) is 21.5 Å². The summed E-state index contributed by atoms with van der Waals surface area (Å²) in [5, 5.41) is 12.1. The van der Waals surface area contributed by atoms with Gasteiger partial charge in [-0.15, -0.1) is 0 Å². The van der Waals surface area contributed by atoms with Crippen LogP contribution in [0.2, 0.25) is 0 Å². The van der Waals surface area contributed by atoms with E-state index in [4.69, 9.17) is 0 Å². The summed E-state index contributed by atoms with van der Waals surface area (Å²) in [7, 11) is 0. The summed E-state index contributed by atoms with van der Waals surface area (Å²) in [6.07, 6.45) is -4.57. The number of anilines is 1. The molecule has 110 valence electrons. The number of amides is 1. The van der Waals surface area contributed by atoms with Crippen LogP contribution in [0.4, 0.5) is 18.9 Å². The molecule has 21 heavy (non-hydrogen) atoms. The number of rotatable bonds is 2. The van der Waals surface area contributed by atoms with Crippen molar-refractivity contribution < 1.29 is 23.1 Å². The molecule has 2 rings (SSSR count). The highest BCUT2D eigenvalue weighted by Gasteiger charge is 2.31. The fraction of sp³-hybridized carbons (Fsp3) is 0.133. The van der Waals surface area contributed by atoms with E-state index in [9.17, 15) is 23.1 Å². The van der Waals surface area contributed by atoms with E-state index in [1.165, 1.54) is 0 Å². The van der Waals surface area contributed by atoms with Crippen LogP contribution >= 0.6 is 0 Å². The minimum Gasteiger partial charge on any atom is -0.507 e. The maximum Gasteiger partial charge on any atom is 0.416 e. The molecule has 0 saturated carbocycles. The van der Waals surface area contributed by atoms with E-state index >= 15 is 0 Å². The number of alkyl halides is 3. The summed E-state index contributed by atoms with van der Waals surface area (Å²) in [5.74, 6) is -1.39. The number of carbonyl (C=O) groups excluding carboxylic acids is 1. The van der Waals surface area contributed by atoms with Crippen molar-refractivity contribution in [1.82, 2.24) is 0 Å². The van der Waals surface area contributed by atoms with Gasteiger partial charge in [-0.25, -0.2) is 0 Å². The number of hydrogen-bond acceptors (Lipinski definition) is 2. The van der Waals surface area contributed by atoms with Gasteiger partial charge in [0.1, 0.15) is 5.75 Å². The van der Waals surface area contributed by atoms with Gasteiger partial charge in [0.25, 0.3) is 5.91 Å². The van der Waals surface area contributed by atoms with Crippen molar-refractivity contribution in [2.75, 3.05) is 5.32 Å². The lowest BCUT2D eigenvalue weighted by Crippen LogP contribution is -2.13. The lowest BCUT2D eigenvalue weighted by molar-refractivity contribution is -0.137. The van der Waals surface area contributed by atoms with Crippen LogP contribution in [0.25, 0.3) is 0 Å². The van der Waals surface area contributed by atoms with E-state index in [1.54, 1.807) is 24.3 Å². The molecule has 1 amide bonds. The first-order chi connectivity index (χ1) is 9.77. The summed E-state index contributed by atoms with van der Waals surface area (Å²) < 4.78 is 37.4. The number of nitrogens with one attached hydrogen (secondary N) is 1. The molecule has 0 heterocycles. The van der Waals surface area contributed by atoms with Gasteiger partial charge in [-0.2, -0.15) is 13.2 Å². The van der Waals surface area contributed by atoms with Crippen molar-refractivity contribution in [3.8, 4) is 5.75 Å². The van der Waals surface area contributed by atoms with Crippen molar-refractivity contribution in [3.05, 3.63) is 59.2 Å². The number of phenolic OH excluding ortho intramolecular Hbond substituents is 1. The number of phenols is 1. The summed E-state index contributed by atoms with van der Waals surface area (Å²) in [6, 6.07) is 9.11. The molecule has 2 aromatic rings. The Morgan fingerprint density at radius 2 is 1.71 bits per heavy atom. The molecule has 0 radical (unpaired) electrons. The first-order valence-electron chi connectivity index (χ1n) is 6.05. The fourth-order valence-corrected chi connectivity index (χ4v) is 1.74. The number of benzene rings is 2. The van der Waals surface area contributed by atoms with Gasteiger partial charge in [0, 0.05) is 5.69 Å². The van der Waals surface area contributed by atoms with E-state index < -0.39 is 23.4 Å². The second kappa shape index (κ2) is 5.47. The van der Waals surface area contributed by atoms with Gasteiger partial charge in [0.05, 0.1) is 11.1 Å². The summed E-state index contributed by atoms with van der Waals surface area (Å²) in [6.45, 7) is 1.88. The fourth-order valence-electron chi connectivity index (χ4n) is 1.74. The smallest absolute Gasteiger partial charge is 0.416 e. The molecule has 0 aliphatic rings. The van der Waals surface area contributed by atoms with Gasteiger partial charge < -0.3 is 10.4 Å². The third-order valence-electron chi connectivity index (χ3n) is 2.88. The predicted molar refractivity (Wildman–Crippen MR) is 72.2 cm³/mol. The second-order valence-corrected chi connectivity index (χ2v) is 4.55. The van der Waals surface area contributed by atoms with E-state index in [-0.39, 0.29) is 5.56 Å². The normalized spacial score (nSPS) is 11.2. The number of hydrogen-bond donors (Lipinski definition) is 2. The molecule has 0 unspecified atom stereocenters. The molecule has 0 atom stereocenters. The topological polar surface area (TPSA) is 49.3 Å². The molecule has 2 N–H and O–H groups in total. The van der Waals surface area contributed by atoms with Gasteiger partial charge in [-0.05, 0) is 37.3 Å². The van der Waals surface area contributed by atoms with E-state index in [0.29, 0.717) is 11.8 Å². The number of aromatic hydroxyl groups is 1. The monoisotopic (exact) mass is 295 g/mol. The van der Waals surface area contributed by atoms with E-state index in [2.05, 4.69) is 5.32 Å². The second-order valence-electron chi connectivity index (χ2n) is 4.55. The van der Waals surface area contributed by atoms with Crippen LogP contribution in [0.15, 0.2) is 42.5 Å². The predicted octanol–water partition coefficient (Wildman–Crippen LogP) is 3.97. The Balaban J connectivity index is 2.22. The van der Waals surface area contributed by atoms with Crippen LogP contribution in [0, 0.1) is 6.92 Å². The lowest BCUT2D eigenvalue weighted by Gasteiger charge is -2.10. The van der Waals surface area contributed by atoms with E-state index in [0.717, 1.165) is 17.7 Å². The standard InChI is InChI=1S/C15H12F3NO2/c1-9-2-5-11(6-3-9)19-14(21)12-7-4-10(8-13(12)20)15(16,17)18/h2-8,20H,1H3,(H,19,21). The van der Waals surface area contributed by atoms with Crippen molar-refractivity contribution >= 4 is 11.6 Å². The number of halogens is 3. The SMILES string of the molecule is Cc1ccc(NC(=O)c2ccc(C(F)(F)F)cc2O)cc1. The minimum atomic E-state index is -4.57. The molecule has 2 aromatic carbocycles. The zero-order valence-corrected chi connectivity index (χ0v) is 11.0. The Labute approximate surface area is 119 Å². The quantitative estimate of drug-likeness (QED) is 0.880. The van der Waals surface area contributed by atoms with Gasteiger partial charge >= 0.3 is 6.18 Å². The van der Waals surface area contributed by atoms with Gasteiger partial charge in [-0.1, -0.05) is 17.7 Å². The molecular formula is C15H12F3NO2. The highest BCUT2D eigenvalue weighted by atomic mass is 19.4. The van der Waals surface area contributed by atoms with Crippen LogP contribution in [0.5, 0.6) is 5.75 Å².